The molecule has 0 aliphatic rings. The van der Waals surface area contributed by atoms with Crippen molar-refractivity contribution in [3.63, 3.8) is 0 Å². The second kappa shape index (κ2) is 16.1. The first-order chi connectivity index (χ1) is 16.9. The first kappa shape index (κ1) is 33.3. The summed E-state index contributed by atoms with van der Waals surface area (Å²) >= 11 is 0. The molecule has 0 saturated carbocycles. The molecule has 0 aliphatic heterocycles. The van der Waals surface area contributed by atoms with Crippen molar-refractivity contribution < 1.29 is 56.8 Å². The Kier molecular flexibility index (Phi) is 14.5. The van der Waals surface area contributed by atoms with Gasteiger partial charge < -0.3 is 0 Å². The van der Waals surface area contributed by atoms with Gasteiger partial charge in [-0.15, -0.1) is 0 Å². The van der Waals surface area contributed by atoms with Gasteiger partial charge in [0.1, 0.15) is 0 Å². The van der Waals surface area contributed by atoms with Crippen LogP contribution in [0.4, 0.5) is 0 Å². The molecular weight excluding hydrogens is 512 g/mol. The summed E-state index contributed by atoms with van der Waals surface area (Å²) in [4.78, 5) is 0. The van der Waals surface area contributed by atoms with Gasteiger partial charge in [0.25, 0.3) is 0 Å². The molecule has 0 aliphatic carbocycles. The second-order valence-electron chi connectivity index (χ2n) is 8.48. The van der Waals surface area contributed by atoms with E-state index < -0.39 is 0 Å². The molecule has 37 heavy (non-hydrogen) atoms. The minimum absolute atomic E-state index is 0. The quantitative estimate of drug-likeness (QED) is 0.153. The van der Waals surface area contributed by atoms with Crippen LogP contribution in [0.15, 0.2) is 72.8 Å². The summed E-state index contributed by atoms with van der Waals surface area (Å²) in [5.41, 5.74) is 6.85. The van der Waals surface area contributed by atoms with Crippen LogP contribution in [-0.4, -0.2) is 20.8 Å². The summed E-state index contributed by atoms with van der Waals surface area (Å²) in [7, 11) is 0. The minimum atomic E-state index is 0. The third-order valence-electron chi connectivity index (χ3n) is 5.37. The Labute approximate surface area is 230 Å². The first-order valence-corrected chi connectivity index (χ1v) is 11.6. The molecule has 0 spiro atoms. The Morgan fingerprint density at radius 3 is 0.514 bits per heavy atom. The fourth-order valence-corrected chi connectivity index (χ4v) is 2.98. The largest absolute Gasteiger partial charge is 2.00 e. The smallest absolute Gasteiger partial charge is 0.285 e. The third kappa shape index (κ3) is 10.9. The van der Waals surface area contributed by atoms with Crippen molar-refractivity contribution in [3.8, 4) is 0 Å². The van der Waals surface area contributed by atoms with E-state index in [1.165, 1.54) is 18.9 Å². The number of hydrogen-bond donors (Lipinski definition) is 4. The van der Waals surface area contributed by atoms with Crippen LogP contribution in [0, 0.1) is 55.4 Å². The number of aryl methyl sites for hydroxylation is 8. The van der Waals surface area contributed by atoms with Crippen LogP contribution in [0.5, 0.6) is 0 Å². The average Bonchev–Trinajstić information content (AvgIpc) is 2.84. The molecule has 4 rings (SSSR count). The van der Waals surface area contributed by atoms with Gasteiger partial charge in [-0.25, -0.2) is 0 Å². The van der Waals surface area contributed by atoms with Gasteiger partial charge in [-0.2, -0.15) is 0 Å². The zero-order valence-corrected chi connectivity index (χ0v) is 24.0. The number of hydrogen-bond acceptors (Lipinski definition) is 4. The predicted molar refractivity (Wildman–Crippen MR) is 133 cm³/mol. The van der Waals surface area contributed by atoms with Gasteiger partial charge in [0.05, 0.1) is 0 Å². The fraction of sp³-hybridized carbons (Fsp3) is 0.286. The molecule has 0 aromatic carbocycles. The van der Waals surface area contributed by atoms with E-state index in [1.807, 2.05) is 128 Å². The van der Waals surface area contributed by atoms with Crippen LogP contribution < -0.4 is 18.9 Å². The summed E-state index contributed by atoms with van der Waals surface area (Å²) in [6.07, 6.45) is 0. The van der Waals surface area contributed by atoms with Crippen LogP contribution in [-0.2, 0) is 17.1 Å². The normalized spacial score (nSPS) is 9.30. The van der Waals surface area contributed by atoms with Crippen LogP contribution in [0.1, 0.15) is 45.6 Å². The summed E-state index contributed by atoms with van der Waals surface area (Å²) < 4.78 is 4.67. The van der Waals surface area contributed by atoms with Crippen molar-refractivity contribution in [1.82, 2.24) is 0 Å². The second-order valence-corrected chi connectivity index (χ2v) is 8.48. The molecule has 198 valence electrons. The van der Waals surface area contributed by atoms with Crippen molar-refractivity contribution >= 4 is 0 Å². The molecule has 9 heteroatoms. The van der Waals surface area contributed by atoms with Crippen molar-refractivity contribution in [2.24, 2.45) is 0 Å². The Bertz CT molecular complexity index is 1000. The molecule has 4 N–H and O–H groups in total. The van der Waals surface area contributed by atoms with Crippen LogP contribution in [0.3, 0.4) is 0 Å². The molecule has 4 heterocycles. The summed E-state index contributed by atoms with van der Waals surface area (Å²) in [5, 5.41) is 36.5. The average molecular weight is 552 g/mol. The van der Waals surface area contributed by atoms with Crippen LogP contribution in [0.2, 0.25) is 0 Å². The van der Waals surface area contributed by atoms with Gasteiger partial charge in [-0.1, -0.05) is 0 Å². The van der Waals surface area contributed by atoms with Crippen molar-refractivity contribution in [2.75, 3.05) is 0 Å². The number of rotatable bonds is 0. The van der Waals surface area contributed by atoms with E-state index >= 15 is 0 Å². The maximum atomic E-state index is 9.12. The summed E-state index contributed by atoms with van der Waals surface area (Å²) in [6, 6.07) is 22.5. The Hall–Kier alpha value is -3.68. The van der Waals surface area contributed by atoms with Gasteiger partial charge in [-0.3, -0.25) is 20.8 Å². The number of pyridine rings is 4. The van der Waals surface area contributed by atoms with Crippen molar-refractivity contribution in [1.29, 1.82) is 0 Å². The van der Waals surface area contributed by atoms with E-state index in [0.29, 0.717) is 0 Å². The summed E-state index contributed by atoms with van der Waals surface area (Å²) in [6.45, 7) is 14.8. The zero-order valence-electron chi connectivity index (χ0n) is 22.9. The molecule has 0 radical (unpaired) electrons. The molecule has 0 amide bonds. The fourth-order valence-electron chi connectivity index (χ4n) is 2.98. The zero-order chi connectivity index (χ0) is 27.4. The SMILES string of the molecule is Cc1cccc(C)[n+]1O.Cc1cccc(C)[n+]1O.Cc1cccc(C)[n+]1O.Cc1cccc(C)[n+]1O.[Fe+2]. The minimum Gasteiger partial charge on any atom is -0.285 e. The number of aromatic nitrogens is 4. The van der Waals surface area contributed by atoms with Crippen LogP contribution >= 0.6 is 0 Å². The van der Waals surface area contributed by atoms with Crippen molar-refractivity contribution in [3.05, 3.63) is 118 Å². The van der Waals surface area contributed by atoms with E-state index in [-0.39, 0.29) is 17.1 Å². The molecule has 0 unspecified atom stereocenters. The molecule has 4 aromatic rings. The molecule has 0 saturated heterocycles. The van der Waals surface area contributed by atoms with E-state index in [9.17, 15) is 0 Å². The Morgan fingerprint density at radius 2 is 0.432 bits per heavy atom. The third-order valence-corrected chi connectivity index (χ3v) is 5.37. The summed E-state index contributed by atoms with van der Waals surface area (Å²) in [5.74, 6) is 0. The molecule has 8 nitrogen and oxygen atoms in total. The topological polar surface area (TPSA) is 96.4 Å². The monoisotopic (exact) mass is 552 g/mol. The van der Waals surface area contributed by atoms with Crippen LogP contribution in [0.25, 0.3) is 0 Å². The van der Waals surface area contributed by atoms with E-state index in [2.05, 4.69) is 0 Å². The first-order valence-electron chi connectivity index (χ1n) is 11.6. The van der Waals surface area contributed by atoms with E-state index in [4.69, 9.17) is 20.8 Å². The van der Waals surface area contributed by atoms with Gasteiger partial charge in [0.15, 0.2) is 0 Å². The standard InChI is InChI=1S/4C7H10NO.Fe/c4*1-6-4-3-5-7(2)8(6)9;/h4*3-5,9H,1-2H3;/q4*+1;+2. The van der Waals surface area contributed by atoms with Gasteiger partial charge in [0.2, 0.25) is 45.6 Å². The van der Waals surface area contributed by atoms with Gasteiger partial charge >= 0.3 is 17.1 Å². The maximum absolute atomic E-state index is 9.12. The Balaban J connectivity index is 0.000000463. The van der Waals surface area contributed by atoms with Gasteiger partial charge in [0, 0.05) is 123 Å². The molecular formula is C28H40FeN4O4+6. The van der Waals surface area contributed by atoms with E-state index in [0.717, 1.165) is 45.6 Å². The molecule has 0 bridgehead atoms. The number of nitrogens with zero attached hydrogens (tertiary/aromatic N) is 4. The maximum Gasteiger partial charge on any atom is 2.00 e. The molecule has 4 aromatic heterocycles. The molecule has 0 fully saturated rings. The van der Waals surface area contributed by atoms with Gasteiger partial charge in [-0.05, 0) is 24.3 Å². The predicted octanol–water partition coefficient (Wildman–Crippen LogP) is 3.31. The Morgan fingerprint density at radius 1 is 0.324 bits per heavy atom. The van der Waals surface area contributed by atoms with E-state index in [1.54, 1.807) is 0 Å². The molecule has 0 atom stereocenters. The van der Waals surface area contributed by atoms with Crippen molar-refractivity contribution in [2.45, 2.75) is 55.4 Å².